The Bertz CT molecular complexity index is 1150. The molecule has 0 saturated heterocycles. The van der Waals surface area contributed by atoms with Crippen LogP contribution in [0.25, 0.3) is 43.9 Å². The predicted molar refractivity (Wildman–Crippen MR) is 89.2 cm³/mol. The smallest absolute Gasteiger partial charge is 0.140 e. The molecule has 0 saturated carbocycles. The quantitative estimate of drug-likeness (QED) is 0.401. The lowest BCUT2D eigenvalue weighted by atomic mass is 9.90. The second kappa shape index (κ2) is 3.70. The van der Waals surface area contributed by atoms with Gasteiger partial charge in [0.05, 0.1) is 0 Å². The lowest BCUT2D eigenvalue weighted by molar-refractivity contribution is 0.663. The van der Waals surface area contributed by atoms with Gasteiger partial charge in [0, 0.05) is 21.5 Å². The number of benzene rings is 3. The van der Waals surface area contributed by atoms with Crippen LogP contribution in [-0.2, 0) is 0 Å². The molecule has 2 aromatic heterocycles. The van der Waals surface area contributed by atoms with Crippen molar-refractivity contribution in [3.05, 3.63) is 54.6 Å². The molecule has 21 heavy (non-hydrogen) atoms. The van der Waals surface area contributed by atoms with E-state index in [1.165, 1.54) is 10.8 Å². The third-order valence-corrected chi connectivity index (χ3v) is 4.21. The summed E-state index contributed by atoms with van der Waals surface area (Å²) in [4.78, 5) is 0. The molecule has 0 atom stereocenters. The molecule has 5 aromatic rings. The van der Waals surface area contributed by atoms with Gasteiger partial charge in [0.1, 0.15) is 30.2 Å². The standard InChI is InChI=1S/C18H11BO2/c19-11-5-3-7-13-17(11)18-15(21-13)9-8-14-16(18)10-4-1-2-6-12(10)20-14/h1-9H,19H2. The van der Waals surface area contributed by atoms with Gasteiger partial charge in [-0.25, -0.2) is 0 Å². The fourth-order valence-corrected chi connectivity index (χ4v) is 3.30. The maximum atomic E-state index is 6.02. The van der Waals surface area contributed by atoms with Crippen molar-refractivity contribution in [2.45, 2.75) is 0 Å². The summed E-state index contributed by atoms with van der Waals surface area (Å²) in [5.41, 5.74) is 4.91. The van der Waals surface area contributed by atoms with Crippen LogP contribution in [0.4, 0.5) is 0 Å². The van der Waals surface area contributed by atoms with Crippen LogP contribution in [0.3, 0.4) is 0 Å². The number of hydrogen-bond acceptors (Lipinski definition) is 2. The van der Waals surface area contributed by atoms with Crippen LogP contribution < -0.4 is 5.46 Å². The Morgan fingerprint density at radius 1 is 0.571 bits per heavy atom. The van der Waals surface area contributed by atoms with Gasteiger partial charge in [-0.2, -0.15) is 0 Å². The van der Waals surface area contributed by atoms with Crippen LogP contribution in [0.15, 0.2) is 63.4 Å². The molecule has 0 aliphatic carbocycles. The van der Waals surface area contributed by atoms with E-state index in [1.54, 1.807) is 0 Å². The Labute approximate surface area is 121 Å². The van der Waals surface area contributed by atoms with E-state index >= 15 is 0 Å². The Balaban J connectivity index is 2.19. The second-order valence-corrected chi connectivity index (χ2v) is 5.46. The van der Waals surface area contributed by atoms with Crippen molar-refractivity contribution >= 4 is 57.2 Å². The highest BCUT2D eigenvalue weighted by Crippen LogP contribution is 2.38. The van der Waals surface area contributed by atoms with Crippen LogP contribution in [0, 0.1) is 0 Å². The molecule has 3 heteroatoms. The first kappa shape index (κ1) is 11.0. The molecule has 0 spiro atoms. The van der Waals surface area contributed by atoms with Gasteiger partial charge < -0.3 is 8.83 Å². The van der Waals surface area contributed by atoms with Gasteiger partial charge in [-0.15, -0.1) is 0 Å². The molecule has 0 bridgehead atoms. The van der Waals surface area contributed by atoms with Gasteiger partial charge in [-0.05, 0) is 24.3 Å². The Morgan fingerprint density at radius 3 is 2.14 bits per heavy atom. The molecule has 0 amide bonds. The summed E-state index contributed by atoms with van der Waals surface area (Å²) in [6.07, 6.45) is 0. The first-order valence-corrected chi connectivity index (χ1v) is 7.05. The third kappa shape index (κ3) is 1.33. The SMILES string of the molecule is Bc1cccc2oc3ccc4oc5ccccc5c4c3c12. The summed E-state index contributed by atoms with van der Waals surface area (Å²) in [7, 11) is 2.12. The first-order valence-electron chi connectivity index (χ1n) is 7.05. The number of hydrogen-bond donors (Lipinski definition) is 0. The summed E-state index contributed by atoms with van der Waals surface area (Å²) in [6, 6.07) is 18.3. The number of para-hydroxylation sites is 1. The first-order chi connectivity index (χ1) is 10.3. The van der Waals surface area contributed by atoms with Gasteiger partial charge in [0.25, 0.3) is 0 Å². The topological polar surface area (TPSA) is 26.3 Å². The molecule has 2 heterocycles. The van der Waals surface area contributed by atoms with Gasteiger partial charge in [0.2, 0.25) is 0 Å². The fourth-order valence-electron chi connectivity index (χ4n) is 3.30. The van der Waals surface area contributed by atoms with Gasteiger partial charge in [-0.3, -0.25) is 0 Å². The maximum absolute atomic E-state index is 6.02. The van der Waals surface area contributed by atoms with Crippen molar-refractivity contribution in [1.82, 2.24) is 0 Å². The van der Waals surface area contributed by atoms with E-state index in [0.29, 0.717) is 0 Å². The van der Waals surface area contributed by atoms with Crippen molar-refractivity contribution in [3.8, 4) is 0 Å². The molecular formula is C18H11BO2. The lowest BCUT2D eigenvalue weighted by Gasteiger charge is -1.96. The van der Waals surface area contributed by atoms with Crippen LogP contribution in [-0.4, -0.2) is 7.85 Å². The molecule has 3 aromatic carbocycles. The minimum atomic E-state index is 0.912. The average Bonchev–Trinajstić information content (AvgIpc) is 3.04. The minimum absolute atomic E-state index is 0.912. The van der Waals surface area contributed by atoms with E-state index in [1.807, 2.05) is 42.5 Å². The lowest BCUT2D eigenvalue weighted by Crippen LogP contribution is -2.01. The molecule has 2 nitrogen and oxygen atoms in total. The molecule has 0 radical (unpaired) electrons. The zero-order valence-electron chi connectivity index (χ0n) is 11.5. The van der Waals surface area contributed by atoms with Crippen molar-refractivity contribution in [1.29, 1.82) is 0 Å². The molecule has 0 aliphatic rings. The van der Waals surface area contributed by atoms with E-state index in [9.17, 15) is 0 Å². The minimum Gasteiger partial charge on any atom is -0.456 e. The summed E-state index contributed by atoms with van der Waals surface area (Å²) in [5, 5.41) is 4.63. The van der Waals surface area contributed by atoms with E-state index in [2.05, 4.69) is 20.0 Å². The molecule has 0 aliphatic heterocycles. The highest BCUT2D eigenvalue weighted by atomic mass is 16.3. The van der Waals surface area contributed by atoms with Gasteiger partial charge in [-0.1, -0.05) is 35.8 Å². The van der Waals surface area contributed by atoms with Crippen molar-refractivity contribution < 1.29 is 8.83 Å². The van der Waals surface area contributed by atoms with Crippen LogP contribution in [0.2, 0.25) is 0 Å². The van der Waals surface area contributed by atoms with Gasteiger partial charge in [0.15, 0.2) is 0 Å². The Hall–Kier alpha value is -2.68. The second-order valence-electron chi connectivity index (χ2n) is 5.46. The fraction of sp³-hybridized carbons (Fsp3) is 0. The van der Waals surface area contributed by atoms with Crippen molar-refractivity contribution in [2.75, 3.05) is 0 Å². The summed E-state index contributed by atoms with van der Waals surface area (Å²) in [5.74, 6) is 0. The van der Waals surface area contributed by atoms with E-state index in [0.717, 1.165) is 38.5 Å². The zero-order valence-corrected chi connectivity index (χ0v) is 11.5. The van der Waals surface area contributed by atoms with E-state index in [4.69, 9.17) is 8.83 Å². The molecule has 98 valence electrons. The largest absolute Gasteiger partial charge is 0.456 e. The number of fused-ring (bicyclic) bond motifs is 7. The van der Waals surface area contributed by atoms with Crippen molar-refractivity contribution in [2.24, 2.45) is 0 Å². The molecule has 5 rings (SSSR count). The molecular weight excluding hydrogens is 259 g/mol. The van der Waals surface area contributed by atoms with E-state index in [-0.39, 0.29) is 0 Å². The van der Waals surface area contributed by atoms with Crippen molar-refractivity contribution in [3.63, 3.8) is 0 Å². The average molecular weight is 270 g/mol. The summed E-state index contributed by atoms with van der Waals surface area (Å²) < 4.78 is 12.0. The zero-order chi connectivity index (χ0) is 14.0. The monoisotopic (exact) mass is 270 g/mol. The molecule has 0 N–H and O–H groups in total. The Kier molecular flexibility index (Phi) is 1.94. The normalized spacial score (nSPS) is 12.0. The van der Waals surface area contributed by atoms with Crippen LogP contribution in [0.1, 0.15) is 0 Å². The molecule has 0 fully saturated rings. The third-order valence-electron chi connectivity index (χ3n) is 4.21. The van der Waals surface area contributed by atoms with E-state index < -0.39 is 0 Å². The molecule has 0 unspecified atom stereocenters. The summed E-state index contributed by atoms with van der Waals surface area (Å²) in [6.45, 7) is 0. The number of furan rings is 2. The maximum Gasteiger partial charge on any atom is 0.140 e. The summed E-state index contributed by atoms with van der Waals surface area (Å²) >= 11 is 0. The highest BCUT2D eigenvalue weighted by molar-refractivity contribution is 6.43. The Morgan fingerprint density at radius 2 is 1.24 bits per heavy atom. The van der Waals surface area contributed by atoms with Crippen LogP contribution in [0.5, 0.6) is 0 Å². The number of rotatable bonds is 0. The van der Waals surface area contributed by atoms with Crippen LogP contribution >= 0.6 is 0 Å². The predicted octanol–water partition coefficient (Wildman–Crippen LogP) is 3.74. The highest BCUT2D eigenvalue weighted by Gasteiger charge is 2.16. The van der Waals surface area contributed by atoms with Gasteiger partial charge >= 0.3 is 0 Å².